The molecule has 2 aromatic rings. The number of nitro groups is 1. The van der Waals surface area contributed by atoms with Gasteiger partial charge in [-0.05, 0) is 15.5 Å². The van der Waals surface area contributed by atoms with Crippen molar-refractivity contribution in [2.45, 2.75) is 6.61 Å². The second-order valence-electron chi connectivity index (χ2n) is 3.62. The van der Waals surface area contributed by atoms with Gasteiger partial charge in [0, 0.05) is 6.07 Å². The minimum Gasteiger partial charge on any atom is -0.481 e. The van der Waals surface area contributed by atoms with Crippen LogP contribution >= 0.6 is 0 Å². The van der Waals surface area contributed by atoms with Gasteiger partial charge in [0.25, 0.3) is 0 Å². The number of nitrogens with two attached hydrogens (primary N) is 1. The molecular weight excluding hydrogens is 234 g/mol. The van der Waals surface area contributed by atoms with Gasteiger partial charge in [-0.15, -0.1) is 0 Å². The molecule has 6 nitrogen and oxygen atoms in total. The predicted molar refractivity (Wildman–Crippen MR) is 66.1 cm³/mol. The standard InChI is InChI=1S/C12H11N3O3/c13-10-6-11(12(14-7-10)15(16)17)18-8-9-4-2-1-3-5-9/h1-7H,8,13H2. The van der Waals surface area contributed by atoms with Crippen molar-refractivity contribution in [2.24, 2.45) is 0 Å². The first-order valence-electron chi connectivity index (χ1n) is 5.23. The van der Waals surface area contributed by atoms with E-state index in [0.29, 0.717) is 5.69 Å². The number of pyridine rings is 1. The summed E-state index contributed by atoms with van der Waals surface area (Å²) in [5.74, 6) is -0.260. The summed E-state index contributed by atoms with van der Waals surface area (Å²) in [6.45, 7) is 0.229. The number of hydrogen-bond donors (Lipinski definition) is 1. The molecule has 6 heteroatoms. The summed E-state index contributed by atoms with van der Waals surface area (Å²) in [6, 6.07) is 10.7. The Morgan fingerprint density at radius 1 is 1.33 bits per heavy atom. The number of benzene rings is 1. The zero-order valence-corrected chi connectivity index (χ0v) is 9.45. The van der Waals surface area contributed by atoms with E-state index in [1.165, 1.54) is 12.3 Å². The molecule has 0 amide bonds. The van der Waals surface area contributed by atoms with Gasteiger partial charge < -0.3 is 20.6 Å². The van der Waals surface area contributed by atoms with Crippen LogP contribution in [0.15, 0.2) is 42.6 Å². The fraction of sp³-hybridized carbons (Fsp3) is 0.0833. The molecule has 92 valence electrons. The second kappa shape index (κ2) is 5.13. The third-order valence-electron chi connectivity index (χ3n) is 2.26. The van der Waals surface area contributed by atoms with Crippen LogP contribution in [0.5, 0.6) is 5.75 Å². The minimum atomic E-state index is -0.597. The molecule has 0 atom stereocenters. The summed E-state index contributed by atoms with van der Waals surface area (Å²) in [5, 5.41) is 10.8. The van der Waals surface area contributed by atoms with Crippen molar-refractivity contribution in [1.29, 1.82) is 0 Å². The molecule has 0 spiro atoms. The Morgan fingerprint density at radius 3 is 2.72 bits per heavy atom. The highest BCUT2D eigenvalue weighted by atomic mass is 16.6. The van der Waals surface area contributed by atoms with E-state index in [2.05, 4.69) is 4.98 Å². The van der Waals surface area contributed by atoms with Gasteiger partial charge in [-0.2, -0.15) is 0 Å². The molecule has 18 heavy (non-hydrogen) atoms. The van der Waals surface area contributed by atoms with E-state index in [9.17, 15) is 10.1 Å². The van der Waals surface area contributed by atoms with Crippen molar-refractivity contribution in [3.8, 4) is 5.75 Å². The molecule has 2 rings (SSSR count). The molecule has 0 radical (unpaired) electrons. The van der Waals surface area contributed by atoms with Crippen molar-refractivity contribution >= 4 is 11.5 Å². The zero-order chi connectivity index (χ0) is 13.0. The average molecular weight is 245 g/mol. The van der Waals surface area contributed by atoms with Crippen molar-refractivity contribution in [3.05, 3.63) is 58.3 Å². The maximum Gasteiger partial charge on any atom is 0.406 e. The molecule has 1 aromatic carbocycles. The minimum absolute atomic E-state index is 0.0730. The molecule has 2 N–H and O–H groups in total. The third kappa shape index (κ3) is 2.73. The van der Waals surface area contributed by atoms with Crippen LogP contribution in [0.1, 0.15) is 5.56 Å². The quantitative estimate of drug-likeness (QED) is 0.658. The maximum atomic E-state index is 10.8. The Hall–Kier alpha value is -2.63. The average Bonchev–Trinajstić information content (AvgIpc) is 2.37. The van der Waals surface area contributed by atoms with Crippen LogP contribution in [0.2, 0.25) is 0 Å². The van der Waals surface area contributed by atoms with Crippen molar-refractivity contribution < 1.29 is 9.66 Å². The molecule has 1 aromatic heterocycles. The van der Waals surface area contributed by atoms with Crippen molar-refractivity contribution in [1.82, 2.24) is 4.98 Å². The molecule has 0 bridgehead atoms. The lowest BCUT2D eigenvalue weighted by Crippen LogP contribution is -2.02. The summed E-state index contributed by atoms with van der Waals surface area (Å²) in [7, 11) is 0. The predicted octanol–water partition coefficient (Wildman–Crippen LogP) is 2.15. The Bertz CT molecular complexity index is 558. The number of anilines is 1. The molecule has 0 aliphatic rings. The first-order chi connectivity index (χ1) is 8.66. The number of hydrogen-bond acceptors (Lipinski definition) is 5. The largest absolute Gasteiger partial charge is 0.481 e. The Labute approximate surface area is 103 Å². The monoisotopic (exact) mass is 245 g/mol. The highest BCUT2D eigenvalue weighted by molar-refractivity contribution is 5.50. The Kier molecular flexibility index (Phi) is 3.38. The first kappa shape index (κ1) is 11.8. The maximum absolute atomic E-state index is 10.8. The van der Waals surface area contributed by atoms with Crippen LogP contribution in [-0.2, 0) is 6.61 Å². The lowest BCUT2D eigenvalue weighted by molar-refractivity contribution is -0.390. The van der Waals surface area contributed by atoms with E-state index in [1.54, 1.807) is 0 Å². The molecule has 0 fully saturated rings. The lowest BCUT2D eigenvalue weighted by Gasteiger charge is -2.06. The van der Waals surface area contributed by atoms with Crippen LogP contribution in [-0.4, -0.2) is 9.91 Å². The summed E-state index contributed by atoms with van der Waals surface area (Å²) in [4.78, 5) is 13.8. The molecule has 1 heterocycles. The van der Waals surface area contributed by atoms with E-state index in [4.69, 9.17) is 10.5 Å². The summed E-state index contributed by atoms with van der Waals surface area (Å²) < 4.78 is 5.38. The van der Waals surface area contributed by atoms with Crippen LogP contribution in [0, 0.1) is 10.1 Å². The molecule has 0 unspecified atom stereocenters. The highest BCUT2D eigenvalue weighted by Gasteiger charge is 2.17. The van der Waals surface area contributed by atoms with Crippen molar-refractivity contribution in [3.63, 3.8) is 0 Å². The van der Waals surface area contributed by atoms with Gasteiger partial charge >= 0.3 is 5.82 Å². The van der Waals surface area contributed by atoms with E-state index in [-0.39, 0.29) is 18.2 Å². The van der Waals surface area contributed by atoms with Gasteiger partial charge in [-0.3, -0.25) is 0 Å². The van der Waals surface area contributed by atoms with Gasteiger partial charge in [-0.1, -0.05) is 30.3 Å². The van der Waals surface area contributed by atoms with Crippen LogP contribution in [0.4, 0.5) is 11.5 Å². The molecule has 0 saturated heterocycles. The smallest absolute Gasteiger partial charge is 0.406 e. The molecule has 0 saturated carbocycles. The van der Waals surface area contributed by atoms with E-state index in [0.717, 1.165) is 5.56 Å². The lowest BCUT2D eigenvalue weighted by atomic mass is 10.2. The molecule has 0 aliphatic heterocycles. The van der Waals surface area contributed by atoms with E-state index >= 15 is 0 Å². The highest BCUT2D eigenvalue weighted by Crippen LogP contribution is 2.26. The van der Waals surface area contributed by atoms with Gasteiger partial charge in [0.15, 0.2) is 6.20 Å². The third-order valence-corrected chi connectivity index (χ3v) is 2.26. The summed E-state index contributed by atoms with van der Waals surface area (Å²) in [5.41, 5.74) is 6.77. The number of nitrogens with zero attached hydrogens (tertiary/aromatic N) is 2. The fourth-order valence-corrected chi connectivity index (χ4v) is 1.43. The Morgan fingerprint density at radius 2 is 2.06 bits per heavy atom. The van der Waals surface area contributed by atoms with Gasteiger partial charge in [0.2, 0.25) is 5.75 Å². The Balaban J connectivity index is 2.18. The SMILES string of the molecule is Nc1cnc([N+](=O)[O-])c(OCc2ccccc2)c1. The zero-order valence-electron chi connectivity index (χ0n) is 9.45. The van der Waals surface area contributed by atoms with Crippen LogP contribution in [0.25, 0.3) is 0 Å². The summed E-state index contributed by atoms with van der Waals surface area (Å²) in [6.07, 6.45) is 1.23. The molecule has 0 aliphatic carbocycles. The first-order valence-corrected chi connectivity index (χ1v) is 5.23. The van der Waals surface area contributed by atoms with E-state index < -0.39 is 4.92 Å². The normalized spacial score (nSPS) is 10.0. The van der Waals surface area contributed by atoms with E-state index in [1.807, 2.05) is 30.3 Å². The van der Waals surface area contributed by atoms with Crippen molar-refractivity contribution in [2.75, 3.05) is 5.73 Å². The number of rotatable bonds is 4. The topological polar surface area (TPSA) is 91.3 Å². The second-order valence-corrected chi connectivity index (χ2v) is 3.62. The van der Waals surface area contributed by atoms with Gasteiger partial charge in [-0.25, -0.2) is 0 Å². The fourth-order valence-electron chi connectivity index (χ4n) is 1.43. The number of nitrogen functional groups attached to an aromatic ring is 1. The number of ether oxygens (including phenoxy) is 1. The van der Waals surface area contributed by atoms with Crippen LogP contribution in [0.3, 0.4) is 0 Å². The summed E-state index contributed by atoms with van der Waals surface area (Å²) >= 11 is 0. The van der Waals surface area contributed by atoms with Gasteiger partial charge in [0.1, 0.15) is 6.61 Å². The van der Waals surface area contributed by atoms with Gasteiger partial charge in [0.05, 0.1) is 5.69 Å². The molecular formula is C12H11N3O3. The number of aromatic nitrogens is 1. The van der Waals surface area contributed by atoms with Crippen LogP contribution < -0.4 is 10.5 Å².